The van der Waals surface area contributed by atoms with Gasteiger partial charge in [-0.25, -0.2) is 0 Å². The fraction of sp³-hybridized carbons (Fsp3) is 0.333. The Labute approximate surface area is 136 Å². The Morgan fingerprint density at radius 2 is 2.00 bits per heavy atom. The highest BCUT2D eigenvalue weighted by molar-refractivity contribution is 5.79. The summed E-state index contributed by atoms with van der Waals surface area (Å²) in [5.41, 5.74) is 2.31. The molecule has 23 heavy (non-hydrogen) atoms. The minimum Gasteiger partial charge on any atom is -0.467 e. The first-order valence-electron chi connectivity index (χ1n) is 7.50. The minimum absolute atomic E-state index is 0.123. The molecule has 0 aliphatic heterocycles. The molecule has 0 aliphatic rings. The lowest BCUT2D eigenvalue weighted by atomic mass is 9.87. The highest BCUT2D eigenvalue weighted by atomic mass is 16.6. The molecule has 5 heteroatoms. The Morgan fingerprint density at radius 3 is 2.61 bits per heavy atom. The van der Waals surface area contributed by atoms with Gasteiger partial charge in [0.1, 0.15) is 5.76 Å². The lowest BCUT2D eigenvalue weighted by molar-refractivity contribution is -0.125. The van der Waals surface area contributed by atoms with E-state index in [4.69, 9.17) is 9.25 Å². The van der Waals surface area contributed by atoms with Gasteiger partial charge in [0.15, 0.2) is 6.61 Å². The predicted molar refractivity (Wildman–Crippen MR) is 89.2 cm³/mol. The fourth-order valence-corrected chi connectivity index (χ4v) is 1.91. The van der Waals surface area contributed by atoms with Crippen LogP contribution in [-0.4, -0.2) is 18.7 Å². The summed E-state index contributed by atoms with van der Waals surface area (Å²) in [6.07, 6.45) is 3.15. The molecule has 1 aromatic carbocycles. The van der Waals surface area contributed by atoms with Gasteiger partial charge in [0.25, 0.3) is 5.91 Å². The third kappa shape index (κ3) is 5.62. The Balaban J connectivity index is 1.72. The number of amides is 1. The molecule has 1 N–H and O–H groups in total. The van der Waals surface area contributed by atoms with Gasteiger partial charge < -0.3 is 14.6 Å². The number of hydrogen-bond donors (Lipinski definition) is 1. The highest BCUT2D eigenvalue weighted by Crippen LogP contribution is 2.21. The van der Waals surface area contributed by atoms with Gasteiger partial charge in [-0.15, -0.1) is 0 Å². The molecular formula is C18H22N2O3. The number of oxime groups is 1. The van der Waals surface area contributed by atoms with Crippen LogP contribution < -0.4 is 5.32 Å². The van der Waals surface area contributed by atoms with Crippen molar-refractivity contribution in [1.82, 2.24) is 5.32 Å². The van der Waals surface area contributed by atoms with E-state index in [9.17, 15) is 4.79 Å². The van der Waals surface area contributed by atoms with Crippen molar-refractivity contribution < 1.29 is 14.0 Å². The van der Waals surface area contributed by atoms with Crippen molar-refractivity contribution in [3.63, 3.8) is 0 Å². The van der Waals surface area contributed by atoms with Crippen molar-refractivity contribution in [2.45, 2.75) is 32.7 Å². The van der Waals surface area contributed by atoms with Gasteiger partial charge in [-0.3, -0.25) is 4.79 Å². The van der Waals surface area contributed by atoms with Crippen molar-refractivity contribution in [2.75, 3.05) is 6.61 Å². The second kappa shape index (κ2) is 7.63. The number of nitrogens with zero attached hydrogens (tertiary/aromatic N) is 1. The number of benzene rings is 1. The summed E-state index contributed by atoms with van der Waals surface area (Å²) in [4.78, 5) is 16.5. The van der Waals surface area contributed by atoms with E-state index in [0.717, 1.165) is 5.56 Å². The zero-order chi connectivity index (χ0) is 16.7. The van der Waals surface area contributed by atoms with Crippen LogP contribution in [0.25, 0.3) is 0 Å². The van der Waals surface area contributed by atoms with Crippen LogP contribution in [0.4, 0.5) is 0 Å². The first kappa shape index (κ1) is 16.8. The third-order valence-electron chi connectivity index (χ3n) is 3.29. The summed E-state index contributed by atoms with van der Waals surface area (Å²) in [6, 6.07) is 11.7. The third-order valence-corrected chi connectivity index (χ3v) is 3.29. The van der Waals surface area contributed by atoms with Crippen molar-refractivity contribution >= 4 is 12.1 Å². The van der Waals surface area contributed by atoms with Gasteiger partial charge in [0.2, 0.25) is 0 Å². The topological polar surface area (TPSA) is 63.8 Å². The van der Waals surface area contributed by atoms with Crippen LogP contribution >= 0.6 is 0 Å². The van der Waals surface area contributed by atoms with E-state index < -0.39 is 0 Å². The van der Waals surface area contributed by atoms with Crippen molar-refractivity contribution in [3.8, 4) is 0 Å². The zero-order valence-electron chi connectivity index (χ0n) is 13.7. The second-order valence-electron chi connectivity index (χ2n) is 6.24. The van der Waals surface area contributed by atoms with E-state index in [2.05, 4.69) is 43.4 Å². The highest BCUT2D eigenvalue weighted by Gasteiger charge is 2.12. The molecule has 1 heterocycles. The summed E-state index contributed by atoms with van der Waals surface area (Å²) in [5.74, 6) is 0.447. The van der Waals surface area contributed by atoms with Gasteiger partial charge >= 0.3 is 0 Å². The largest absolute Gasteiger partial charge is 0.467 e. The SMILES string of the molecule is CC(C)(C)c1ccc(/C=N/OCC(=O)NCc2ccco2)cc1. The number of rotatable bonds is 6. The molecule has 5 nitrogen and oxygen atoms in total. The lowest BCUT2D eigenvalue weighted by Crippen LogP contribution is -2.26. The predicted octanol–water partition coefficient (Wildman–Crippen LogP) is 3.24. The monoisotopic (exact) mass is 314 g/mol. The molecule has 0 bridgehead atoms. The zero-order valence-corrected chi connectivity index (χ0v) is 13.7. The number of nitrogens with one attached hydrogen (secondary N) is 1. The second-order valence-corrected chi connectivity index (χ2v) is 6.24. The van der Waals surface area contributed by atoms with Crippen molar-refractivity contribution in [3.05, 3.63) is 59.5 Å². The standard InChI is InChI=1S/C18H22N2O3/c1-18(2,3)15-8-6-14(7-9-15)11-20-23-13-17(21)19-12-16-5-4-10-22-16/h4-11H,12-13H2,1-3H3,(H,19,21)/b20-11+. The Bertz CT molecular complexity index is 638. The van der Waals surface area contributed by atoms with E-state index in [1.807, 2.05) is 12.1 Å². The molecule has 0 unspecified atom stereocenters. The van der Waals surface area contributed by atoms with Crippen molar-refractivity contribution in [2.24, 2.45) is 5.16 Å². The number of carbonyl (C=O) groups excluding carboxylic acids is 1. The summed E-state index contributed by atoms with van der Waals surface area (Å²) < 4.78 is 5.12. The Hall–Kier alpha value is -2.56. The molecular weight excluding hydrogens is 292 g/mol. The normalized spacial score (nSPS) is 11.6. The van der Waals surface area contributed by atoms with E-state index in [-0.39, 0.29) is 17.9 Å². The van der Waals surface area contributed by atoms with Crippen LogP contribution in [0.5, 0.6) is 0 Å². The molecule has 0 radical (unpaired) electrons. The summed E-state index contributed by atoms with van der Waals surface area (Å²) in [5, 5.41) is 6.49. The molecule has 0 spiro atoms. The van der Waals surface area contributed by atoms with Gasteiger partial charge in [-0.05, 0) is 28.7 Å². The quantitative estimate of drug-likeness (QED) is 0.657. The molecule has 2 aromatic rings. The van der Waals surface area contributed by atoms with Gasteiger partial charge in [-0.2, -0.15) is 0 Å². The Kier molecular flexibility index (Phi) is 5.57. The van der Waals surface area contributed by atoms with E-state index in [1.165, 1.54) is 5.56 Å². The van der Waals surface area contributed by atoms with E-state index in [1.54, 1.807) is 24.6 Å². The molecule has 0 fully saturated rings. The molecule has 0 atom stereocenters. The molecule has 0 saturated carbocycles. The van der Waals surface area contributed by atoms with Gasteiger partial charge in [0, 0.05) is 0 Å². The maximum atomic E-state index is 11.6. The van der Waals surface area contributed by atoms with Gasteiger partial charge in [-0.1, -0.05) is 50.2 Å². The fourth-order valence-electron chi connectivity index (χ4n) is 1.91. The molecule has 122 valence electrons. The average molecular weight is 314 g/mol. The molecule has 2 rings (SSSR count). The van der Waals surface area contributed by atoms with Crippen LogP contribution in [0.1, 0.15) is 37.7 Å². The number of carbonyl (C=O) groups is 1. The van der Waals surface area contributed by atoms with Crippen LogP contribution in [-0.2, 0) is 21.6 Å². The first-order chi connectivity index (χ1) is 10.9. The molecule has 0 aliphatic carbocycles. The molecule has 1 aromatic heterocycles. The average Bonchev–Trinajstić information content (AvgIpc) is 3.02. The summed E-state index contributed by atoms with van der Waals surface area (Å²) in [6.45, 7) is 6.71. The number of hydrogen-bond acceptors (Lipinski definition) is 4. The number of furan rings is 1. The smallest absolute Gasteiger partial charge is 0.261 e. The van der Waals surface area contributed by atoms with E-state index >= 15 is 0 Å². The Morgan fingerprint density at radius 1 is 1.26 bits per heavy atom. The maximum Gasteiger partial charge on any atom is 0.261 e. The maximum absolute atomic E-state index is 11.6. The van der Waals surface area contributed by atoms with Crippen LogP contribution in [0.2, 0.25) is 0 Å². The van der Waals surface area contributed by atoms with E-state index in [0.29, 0.717) is 12.3 Å². The molecule has 1 amide bonds. The van der Waals surface area contributed by atoms with Crippen molar-refractivity contribution in [1.29, 1.82) is 0 Å². The van der Waals surface area contributed by atoms with Crippen LogP contribution in [0.3, 0.4) is 0 Å². The lowest BCUT2D eigenvalue weighted by Gasteiger charge is -2.18. The van der Waals surface area contributed by atoms with Crippen LogP contribution in [0.15, 0.2) is 52.2 Å². The minimum atomic E-state index is -0.248. The molecule has 0 saturated heterocycles. The van der Waals surface area contributed by atoms with Gasteiger partial charge in [0.05, 0.1) is 19.0 Å². The summed E-state index contributed by atoms with van der Waals surface area (Å²) >= 11 is 0. The first-order valence-corrected chi connectivity index (χ1v) is 7.50. The van der Waals surface area contributed by atoms with Crippen LogP contribution in [0, 0.1) is 0 Å². The summed E-state index contributed by atoms with van der Waals surface area (Å²) in [7, 11) is 0.